The summed E-state index contributed by atoms with van der Waals surface area (Å²) in [4.78, 5) is 46.2. The molecule has 0 aliphatic rings. The summed E-state index contributed by atoms with van der Waals surface area (Å²) in [6.45, 7) is 0. The van der Waals surface area contributed by atoms with Gasteiger partial charge in [0, 0.05) is 43.8 Å². The third kappa shape index (κ3) is 4.30. The maximum Gasteiger partial charge on any atom is 0.276 e. The topological polar surface area (TPSA) is 124 Å². The van der Waals surface area contributed by atoms with E-state index in [1.165, 1.54) is 11.2 Å². The van der Waals surface area contributed by atoms with Crippen molar-refractivity contribution in [2.45, 2.75) is 0 Å². The summed E-state index contributed by atoms with van der Waals surface area (Å²) in [6, 6.07) is 14.0. The van der Waals surface area contributed by atoms with Crippen LogP contribution in [0.4, 0.5) is 17.1 Å². The molecule has 1 aromatic heterocycles. The highest BCUT2D eigenvalue weighted by molar-refractivity contribution is 6.11. The van der Waals surface area contributed by atoms with Crippen molar-refractivity contribution in [2.24, 2.45) is 5.73 Å². The van der Waals surface area contributed by atoms with E-state index in [4.69, 9.17) is 5.73 Å². The molecule has 0 spiro atoms. The van der Waals surface area contributed by atoms with Crippen molar-refractivity contribution in [1.82, 2.24) is 9.97 Å². The molecule has 0 aliphatic heterocycles. The van der Waals surface area contributed by atoms with Gasteiger partial charge in [0.2, 0.25) is 0 Å². The minimum absolute atomic E-state index is 0.0172. The molecular formula is C21H22N6O3. The Morgan fingerprint density at radius 3 is 2.10 bits per heavy atom. The second-order valence-electron chi connectivity index (χ2n) is 6.80. The number of carbonyl (C=O) groups excluding carboxylic acids is 3. The van der Waals surface area contributed by atoms with Crippen LogP contribution in [0.3, 0.4) is 0 Å². The number of benzene rings is 2. The lowest BCUT2D eigenvalue weighted by atomic mass is 10.1. The zero-order chi connectivity index (χ0) is 21.8. The molecular weight excluding hydrogens is 384 g/mol. The Hall–Kier alpha value is -4.14. The van der Waals surface area contributed by atoms with Crippen LogP contribution in [-0.4, -0.2) is 48.8 Å². The van der Waals surface area contributed by atoms with E-state index in [0.717, 1.165) is 5.69 Å². The number of aromatic amines is 1. The SMILES string of the molecule is CN(C)c1ccc(C(=O)Nc2ccc(N(C)C(=O)c3[nH]cnc3C(N)=O)cc2)cc1. The van der Waals surface area contributed by atoms with Gasteiger partial charge in [-0.05, 0) is 48.5 Å². The lowest BCUT2D eigenvalue weighted by molar-refractivity contribution is 0.0958. The second-order valence-corrected chi connectivity index (χ2v) is 6.80. The Morgan fingerprint density at radius 2 is 1.53 bits per heavy atom. The molecule has 0 atom stereocenters. The minimum Gasteiger partial charge on any atom is -0.378 e. The third-order valence-electron chi connectivity index (χ3n) is 4.55. The van der Waals surface area contributed by atoms with Crippen LogP contribution in [0.25, 0.3) is 0 Å². The number of carbonyl (C=O) groups is 3. The first-order chi connectivity index (χ1) is 14.3. The Bertz CT molecular complexity index is 1070. The number of nitrogens with zero attached hydrogens (tertiary/aromatic N) is 3. The molecule has 1 heterocycles. The van der Waals surface area contributed by atoms with Crippen LogP contribution in [-0.2, 0) is 0 Å². The fourth-order valence-corrected chi connectivity index (χ4v) is 2.81. The summed E-state index contributed by atoms with van der Waals surface area (Å²) in [5.74, 6) is -1.48. The molecule has 0 saturated heterocycles. The first kappa shape index (κ1) is 20.6. The van der Waals surface area contributed by atoms with Crippen molar-refractivity contribution in [3.05, 3.63) is 71.8 Å². The number of nitrogens with one attached hydrogen (secondary N) is 2. The van der Waals surface area contributed by atoms with Gasteiger partial charge in [0.25, 0.3) is 17.7 Å². The van der Waals surface area contributed by atoms with Gasteiger partial charge in [-0.1, -0.05) is 0 Å². The van der Waals surface area contributed by atoms with Gasteiger partial charge >= 0.3 is 0 Å². The van der Waals surface area contributed by atoms with Crippen LogP contribution < -0.4 is 20.9 Å². The average Bonchev–Trinajstić information content (AvgIpc) is 3.23. The zero-order valence-corrected chi connectivity index (χ0v) is 16.8. The molecule has 30 heavy (non-hydrogen) atoms. The molecule has 4 N–H and O–H groups in total. The van der Waals surface area contributed by atoms with E-state index >= 15 is 0 Å². The maximum atomic E-state index is 12.6. The van der Waals surface area contributed by atoms with Gasteiger partial charge in [-0.2, -0.15) is 0 Å². The van der Waals surface area contributed by atoms with Gasteiger partial charge in [0.15, 0.2) is 5.69 Å². The predicted molar refractivity (Wildman–Crippen MR) is 115 cm³/mol. The first-order valence-corrected chi connectivity index (χ1v) is 9.08. The van der Waals surface area contributed by atoms with E-state index < -0.39 is 11.8 Å². The number of imidazole rings is 1. The number of primary amides is 1. The van der Waals surface area contributed by atoms with Crippen LogP contribution in [0.15, 0.2) is 54.9 Å². The summed E-state index contributed by atoms with van der Waals surface area (Å²) in [5, 5.41) is 2.82. The highest BCUT2D eigenvalue weighted by atomic mass is 16.2. The summed E-state index contributed by atoms with van der Waals surface area (Å²) < 4.78 is 0. The summed E-state index contributed by atoms with van der Waals surface area (Å²) in [7, 11) is 5.42. The predicted octanol–water partition coefficient (Wildman–Crippen LogP) is 2.10. The first-order valence-electron chi connectivity index (χ1n) is 9.08. The molecule has 0 unspecified atom stereocenters. The van der Waals surface area contributed by atoms with Gasteiger partial charge in [-0.25, -0.2) is 4.98 Å². The van der Waals surface area contributed by atoms with Crippen molar-refractivity contribution in [1.29, 1.82) is 0 Å². The fraction of sp³-hybridized carbons (Fsp3) is 0.143. The standard InChI is InChI=1S/C21H22N6O3/c1-26(2)15-8-4-13(5-9-15)20(29)25-14-6-10-16(11-7-14)27(3)21(30)18-17(19(22)28)23-12-24-18/h4-12H,1-3H3,(H2,22,28)(H,23,24)(H,25,29). The molecule has 0 bridgehead atoms. The van der Waals surface area contributed by atoms with Gasteiger partial charge < -0.3 is 25.8 Å². The monoisotopic (exact) mass is 406 g/mol. The van der Waals surface area contributed by atoms with E-state index in [-0.39, 0.29) is 17.3 Å². The molecule has 0 fully saturated rings. The van der Waals surface area contributed by atoms with Gasteiger partial charge in [0.05, 0.1) is 6.33 Å². The number of amides is 3. The zero-order valence-electron chi connectivity index (χ0n) is 16.8. The van der Waals surface area contributed by atoms with Crippen molar-refractivity contribution in [3.63, 3.8) is 0 Å². The second kappa shape index (κ2) is 8.48. The summed E-state index contributed by atoms with van der Waals surface area (Å²) in [6.07, 6.45) is 1.24. The number of nitrogens with two attached hydrogens (primary N) is 1. The molecule has 0 aliphatic carbocycles. The smallest absolute Gasteiger partial charge is 0.276 e. The van der Waals surface area contributed by atoms with E-state index in [2.05, 4.69) is 15.3 Å². The number of anilines is 3. The van der Waals surface area contributed by atoms with Crippen LogP contribution in [0.1, 0.15) is 31.3 Å². The van der Waals surface area contributed by atoms with E-state index in [9.17, 15) is 14.4 Å². The van der Waals surface area contributed by atoms with Crippen molar-refractivity contribution in [3.8, 4) is 0 Å². The third-order valence-corrected chi connectivity index (χ3v) is 4.55. The number of hydrogen-bond acceptors (Lipinski definition) is 5. The van der Waals surface area contributed by atoms with E-state index in [0.29, 0.717) is 16.9 Å². The van der Waals surface area contributed by atoms with E-state index in [1.807, 2.05) is 31.1 Å². The normalized spacial score (nSPS) is 10.4. The van der Waals surface area contributed by atoms with Crippen LogP contribution in [0.5, 0.6) is 0 Å². The van der Waals surface area contributed by atoms with Crippen molar-refractivity contribution in [2.75, 3.05) is 36.3 Å². The number of hydrogen-bond donors (Lipinski definition) is 3. The number of H-pyrrole nitrogens is 1. The lowest BCUT2D eigenvalue weighted by Crippen LogP contribution is -2.29. The van der Waals surface area contributed by atoms with Gasteiger partial charge in [-0.3, -0.25) is 14.4 Å². The molecule has 0 saturated carbocycles. The Labute approximate surface area is 173 Å². The Morgan fingerprint density at radius 1 is 0.933 bits per heavy atom. The Kier molecular flexibility index (Phi) is 5.82. The molecule has 3 amide bonds. The molecule has 9 nitrogen and oxygen atoms in total. The van der Waals surface area contributed by atoms with Crippen molar-refractivity contribution >= 4 is 34.8 Å². The highest BCUT2D eigenvalue weighted by Crippen LogP contribution is 2.20. The molecule has 2 aromatic carbocycles. The molecule has 3 rings (SSSR count). The van der Waals surface area contributed by atoms with Gasteiger partial charge in [0.1, 0.15) is 5.69 Å². The van der Waals surface area contributed by atoms with Crippen LogP contribution in [0, 0.1) is 0 Å². The lowest BCUT2D eigenvalue weighted by Gasteiger charge is -2.17. The van der Waals surface area contributed by atoms with Crippen LogP contribution in [0.2, 0.25) is 0 Å². The summed E-state index contributed by atoms with van der Waals surface area (Å²) in [5.41, 5.74) is 7.83. The summed E-state index contributed by atoms with van der Waals surface area (Å²) >= 11 is 0. The fourth-order valence-electron chi connectivity index (χ4n) is 2.81. The largest absolute Gasteiger partial charge is 0.378 e. The van der Waals surface area contributed by atoms with Gasteiger partial charge in [-0.15, -0.1) is 0 Å². The minimum atomic E-state index is -0.787. The molecule has 3 aromatic rings. The molecule has 9 heteroatoms. The van der Waals surface area contributed by atoms with Crippen LogP contribution >= 0.6 is 0 Å². The number of rotatable bonds is 6. The Balaban J connectivity index is 1.69. The number of aromatic nitrogens is 2. The van der Waals surface area contributed by atoms with E-state index in [1.54, 1.807) is 43.4 Å². The maximum absolute atomic E-state index is 12.6. The molecule has 154 valence electrons. The van der Waals surface area contributed by atoms with Crippen molar-refractivity contribution < 1.29 is 14.4 Å². The average molecular weight is 406 g/mol. The quantitative estimate of drug-likeness (QED) is 0.578. The molecule has 0 radical (unpaired) electrons. The highest BCUT2D eigenvalue weighted by Gasteiger charge is 2.22.